The topological polar surface area (TPSA) is 61.8 Å². The second kappa shape index (κ2) is 8.68. The minimum Gasteiger partial charge on any atom is -0.382 e. The Labute approximate surface area is 180 Å². The van der Waals surface area contributed by atoms with Gasteiger partial charge in [-0.25, -0.2) is 0 Å². The van der Waals surface area contributed by atoms with Crippen LogP contribution in [0.15, 0.2) is 23.8 Å². The summed E-state index contributed by atoms with van der Waals surface area (Å²) in [7, 11) is 1.63. The fraction of sp³-hybridized carbons (Fsp3) is 0.760. The lowest BCUT2D eigenvalue weighted by molar-refractivity contribution is -0.140. The molecule has 3 fully saturated rings. The molecular formula is C25H36O5. The molecule has 5 heteroatoms. The van der Waals surface area contributed by atoms with Crippen LogP contribution in [-0.4, -0.2) is 45.3 Å². The van der Waals surface area contributed by atoms with Crippen molar-refractivity contribution in [3.63, 3.8) is 0 Å². The largest absolute Gasteiger partial charge is 0.382 e. The van der Waals surface area contributed by atoms with Crippen molar-refractivity contribution in [2.24, 2.45) is 34.5 Å². The summed E-state index contributed by atoms with van der Waals surface area (Å²) in [6.45, 7) is 5.98. The minimum absolute atomic E-state index is 0.0168. The number of rotatable bonds is 8. The monoisotopic (exact) mass is 416 g/mol. The first-order chi connectivity index (χ1) is 14.4. The van der Waals surface area contributed by atoms with E-state index in [1.54, 1.807) is 13.2 Å². The number of methoxy groups -OCH3 is 1. The maximum Gasteiger partial charge on any atom is 0.178 e. The highest BCUT2D eigenvalue weighted by molar-refractivity contribution is 6.01. The zero-order chi connectivity index (χ0) is 21.4. The van der Waals surface area contributed by atoms with E-state index in [2.05, 4.69) is 19.9 Å². The predicted octanol–water partition coefficient (Wildman–Crippen LogP) is 4.12. The Kier molecular flexibility index (Phi) is 6.34. The molecule has 0 saturated heterocycles. The first-order valence-corrected chi connectivity index (χ1v) is 11.5. The summed E-state index contributed by atoms with van der Waals surface area (Å²) >= 11 is 0. The molecule has 0 aromatic carbocycles. The molecule has 0 aromatic rings. The van der Waals surface area contributed by atoms with E-state index in [0.29, 0.717) is 31.0 Å². The van der Waals surface area contributed by atoms with Crippen molar-refractivity contribution in [3.8, 4) is 0 Å². The number of hydrogen-bond donors (Lipinski definition) is 0. The molecule has 30 heavy (non-hydrogen) atoms. The number of allylic oxidation sites excluding steroid dienone is 4. The smallest absolute Gasteiger partial charge is 0.178 e. The van der Waals surface area contributed by atoms with E-state index in [1.165, 1.54) is 5.57 Å². The third-order valence-corrected chi connectivity index (χ3v) is 8.79. The van der Waals surface area contributed by atoms with Gasteiger partial charge in [0, 0.05) is 18.4 Å². The van der Waals surface area contributed by atoms with Crippen LogP contribution in [0.5, 0.6) is 0 Å². The summed E-state index contributed by atoms with van der Waals surface area (Å²) < 4.78 is 15.8. The quantitative estimate of drug-likeness (QED) is 0.440. The lowest BCUT2D eigenvalue weighted by Gasteiger charge is -2.56. The van der Waals surface area contributed by atoms with Crippen molar-refractivity contribution in [3.05, 3.63) is 23.8 Å². The van der Waals surface area contributed by atoms with Gasteiger partial charge in [0.25, 0.3) is 0 Å². The van der Waals surface area contributed by atoms with Gasteiger partial charge in [-0.15, -0.1) is 0 Å². The molecule has 4 rings (SSSR count). The molecule has 0 heterocycles. The summed E-state index contributed by atoms with van der Waals surface area (Å²) in [5.41, 5.74) is 1.42. The Balaban J connectivity index is 1.40. The minimum atomic E-state index is 0.0168. The highest BCUT2D eigenvalue weighted by atomic mass is 16.7. The molecule has 5 nitrogen and oxygen atoms in total. The van der Waals surface area contributed by atoms with Crippen molar-refractivity contribution in [2.75, 3.05) is 33.7 Å². The molecule has 0 unspecified atom stereocenters. The fourth-order valence-corrected chi connectivity index (χ4v) is 7.23. The zero-order valence-corrected chi connectivity index (χ0v) is 18.7. The van der Waals surface area contributed by atoms with Crippen LogP contribution in [0, 0.1) is 34.5 Å². The molecule has 166 valence electrons. The lowest BCUT2D eigenvalue weighted by atomic mass is 9.47. The van der Waals surface area contributed by atoms with Gasteiger partial charge in [0.1, 0.15) is 13.4 Å². The Bertz CT molecular complexity index is 740. The Morgan fingerprint density at radius 1 is 1.10 bits per heavy atom. The van der Waals surface area contributed by atoms with Crippen LogP contribution < -0.4 is 0 Å². The van der Waals surface area contributed by atoms with E-state index in [0.717, 1.165) is 38.5 Å². The number of Topliss-reactive ketones (excluding diaryl/α,β-unsaturated/α-hetero) is 1. The second-order valence-corrected chi connectivity index (χ2v) is 10.1. The van der Waals surface area contributed by atoms with E-state index in [9.17, 15) is 9.59 Å². The SMILES string of the molecule is COCCOCOCC(=O)[C@H]1CC[C@H]2[C@@H]3CCC4=CC(=O)C=C[C@]4(C)[C@H]3CC[C@]12C. The van der Waals surface area contributed by atoms with E-state index in [4.69, 9.17) is 14.2 Å². The average Bonchev–Trinajstić information content (AvgIpc) is 3.08. The maximum absolute atomic E-state index is 13.0. The number of ketones is 2. The fourth-order valence-electron chi connectivity index (χ4n) is 7.23. The van der Waals surface area contributed by atoms with Crippen LogP contribution in [0.3, 0.4) is 0 Å². The molecule has 4 aliphatic carbocycles. The Hall–Kier alpha value is -1.30. The number of carbonyl (C=O) groups excluding carboxylic acids is 2. The van der Waals surface area contributed by atoms with Crippen molar-refractivity contribution in [1.82, 2.24) is 0 Å². The van der Waals surface area contributed by atoms with Crippen LogP contribution in [-0.2, 0) is 23.8 Å². The summed E-state index contributed by atoms with van der Waals surface area (Å²) in [5, 5.41) is 0. The van der Waals surface area contributed by atoms with Gasteiger partial charge in [0.15, 0.2) is 11.6 Å². The van der Waals surface area contributed by atoms with Gasteiger partial charge in [0.2, 0.25) is 0 Å². The van der Waals surface area contributed by atoms with Gasteiger partial charge >= 0.3 is 0 Å². The maximum atomic E-state index is 13.0. The second-order valence-electron chi connectivity index (χ2n) is 10.1. The molecule has 0 radical (unpaired) electrons. The van der Waals surface area contributed by atoms with Gasteiger partial charge in [-0.3, -0.25) is 9.59 Å². The van der Waals surface area contributed by atoms with Gasteiger partial charge < -0.3 is 14.2 Å². The predicted molar refractivity (Wildman–Crippen MR) is 114 cm³/mol. The molecule has 0 N–H and O–H groups in total. The summed E-state index contributed by atoms with van der Waals surface area (Å²) in [4.78, 5) is 24.9. The standard InChI is InChI=1S/C25H36O5/c1-24-10-8-18(26)14-17(24)4-5-19-20-6-7-22(25(20,2)11-9-21(19)24)23(27)15-30-16-29-13-12-28-3/h8,10,14,19-22H,4-7,9,11-13,15-16H2,1-3H3/t19-,20-,21-,22+,24-,25-/m0/s1. The van der Waals surface area contributed by atoms with Crippen LogP contribution in [0.4, 0.5) is 0 Å². The number of fused-ring (bicyclic) bond motifs is 5. The molecule has 0 bridgehead atoms. The molecule has 0 amide bonds. The summed E-state index contributed by atoms with van der Waals surface area (Å²) in [5.74, 6) is 2.28. The third kappa shape index (κ3) is 3.74. The Morgan fingerprint density at radius 2 is 1.93 bits per heavy atom. The molecule has 6 atom stereocenters. The normalized spacial score (nSPS) is 39.8. The van der Waals surface area contributed by atoms with E-state index in [1.807, 2.05) is 6.08 Å². The van der Waals surface area contributed by atoms with Gasteiger partial charge in [-0.05, 0) is 73.8 Å². The number of hydrogen-bond acceptors (Lipinski definition) is 5. The zero-order valence-electron chi connectivity index (χ0n) is 18.7. The highest BCUT2D eigenvalue weighted by Gasteiger charge is 2.59. The molecular weight excluding hydrogens is 380 g/mol. The first-order valence-electron chi connectivity index (χ1n) is 11.5. The van der Waals surface area contributed by atoms with Crippen molar-refractivity contribution >= 4 is 11.6 Å². The number of ether oxygens (including phenoxy) is 3. The molecule has 3 saturated carbocycles. The first kappa shape index (κ1) is 21.9. The van der Waals surface area contributed by atoms with Crippen molar-refractivity contribution < 1.29 is 23.8 Å². The lowest BCUT2D eigenvalue weighted by Crippen LogP contribution is -2.50. The van der Waals surface area contributed by atoms with Crippen LogP contribution >= 0.6 is 0 Å². The summed E-state index contributed by atoms with van der Waals surface area (Å²) in [6.07, 6.45) is 12.3. The molecule has 0 aromatic heterocycles. The highest BCUT2D eigenvalue weighted by Crippen LogP contribution is 2.66. The Morgan fingerprint density at radius 3 is 2.73 bits per heavy atom. The van der Waals surface area contributed by atoms with Crippen LogP contribution in [0.2, 0.25) is 0 Å². The van der Waals surface area contributed by atoms with Gasteiger partial charge in [0.05, 0.1) is 13.2 Å². The molecule has 0 aliphatic heterocycles. The third-order valence-electron chi connectivity index (χ3n) is 8.79. The van der Waals surface area contributed by atoms with Crippen LogP contribution in [0.1, 0.15) is 52.4 Å². The summed E-state index contributed by atoms with van der Waals surface area (Å²) in [6, 6.07) is 0. The average molecular weight is 417 g/mol. The van der Waals surface area contributed by atoms with Gasteiger partial charge in [-0.1, -0.05) is 25.5 Å². The van der Waals surface area contributed by atoms with E-state index >= 15 is 0 Å². The van der Waals surface area contributed by atoms with E-state index in [-0.39, 0.29) is 41.7 Å². The van der Waals surface area contributed by atoms with Crippen LogP contribution in [0.25, 0.3) is 0 Å². The molecule has 4 aliphatic rings. The van der Waals surface area contributed by atoms with Crippen molar-refractivity contribution in [2.45, 2.75) is 52.4 Å². The van der Waals surface area contributed by atoms with E-state index < -0.39 is 0 Å². The van der Waals surface area contributed by atoms with Gasteiger partial charge in [-0.2, -0.15) is 0 Å². The molecule has 0 spiro atoms. The van der Waals surface area contributed by atoms with Crippen molar-refractivity contribution in [1.29, 1.82) is 0 Å². The number of carbonyl (C=O) groups is 2.